The molecule has 5 heteroatoms. The molecule has 2 N–H and O–H groups in total. The number of carbonyl (C=O) groups excluding carboxylic acids is 1. The van der Waals surface area contributed by atoms with Gasteiger partial charge >= 0.3 is 6.09 Å². The summed E-state index contributed by atoms with van der Waals surface area (Å²) in [4.78, 5) is 13.3. The minimum absolute atomic E-state index is 0. The maximum atomic E-state index is 11.7. The fourth-order valence-electron chi connectivity index (χ4n) is 1.41. The van der Waals surface area contributed by atoms with Gasteiger partial charge in [-0.1, -0.05) is 12.1 Å². The number of likely N-dealkylation sites (N-methyl/N-ethyl adjacent to an activating group) is 1. The molecule has 0 aromatic heterocycles. The molecule has 0 atom stereocenters. The van der Waals surface area contributed by atoms with E-state index >= 15 is 0 Å². The normalized spacial score (nSPS) is 10.5. The summed E-state index contributed by atoms with van der Waals surface area (Å²) in [5.74, 6) is 0. The van der Waals surface area contributed by atoms with E-state index in [1.165, 1.54) is 0 Å². The van der Waals surface area contributed by atoms with Gasteiger partial charge in [-0.3, -0.25) is 0 Å². The summed E-state index contributed by atoms with van der Waals surface area (Å²) in [6.45, 7) is 6.20. The molecule has 0 unspecified atom stereocenters. The van der Waals surface area contributed by atoms with E-state index in [0.717, 1.165) is 17.7 Å². The Hall–Kier alpha value is -1.42. The molecule has 0 saturated heterocycles. The molecule has 108 valence electrons. The number of halogens is 1. The minimum Gasteiger partial charge on any atom is -0.444 e. The second-order valence-corrected chi connectivity index (χ2v) is 5.39. The summed E-state index contributed by atoms with van der Waals surface area (Å²) < 4.78 is 5.27. The number of nitrogen functional groups attached to an aromatic ring is 1. The summed E-state index contributed by atoms with van der Waals surface area (Å²) >= 11 is 0. The smallest absolute Gasteiger partial charge is 0.410 e. The maximum Gasteiger partial charge on any atom is 0.410 e. The Bertz CT molecular complexity index is 399. The predicted molar refractivity (Wildman–Crippen MR) is 80.7 cm³/mol. The number of rotatable bonds is 3. The highest BCUT2D eigenvalue weighted by Gasteiger charge is 2.19. The Morgan fingerprint density at radius 1 is 1.26 bits per heavy atom. The quantitative estimate of drug-likeness (QED) is 0.869. The van der Waals surface area contributed by atoms with Crippen molar-refractivity contribution in [1.29, 1.82) is 0 Å². The molecule has 4 nitrogen and oxygen atoms in total. The van der Waals surface area contributed by atoms with E-state index in [2.05, 4.69) is 0 Å². The van der Waals surface area contributed by atoms with Crippen LogP contribution in [-0.2, 0) is 11.2 Å². The van der Waals surface area contributed by atoms with Gasteiger partial charge in [0.05, 0.1) is 0 Å². The van der Waals surface area contributed by atoms with Crippen LogP contribution in [-0.4, -0.2) is 30.2 Å². The van der Waals surface area contributed by atoms with Crippen LogP contribution >= 0.6 is 12.4 Å². The summed E-state index contributed by atoms with van der Waals surface area (Å²) in [7, 11) is 1.74. The predicted octanol–water partition coefficient (Wildman–Crippen LogP) is 3.10. The monoisotopic (exact) mass is 286 g/mol. The standard InChI is InChI=1S/C14H22N2O2.ClH/c1-14(2,3)18-13(17)16(4)10-9-11-5-7-12(15)8-6-11;/h5-8H,9-10,15H2,1-4H3;1H. The number of benzene rings is 1. The molecule has 0 aliphatic rings. The summed E-state index contributed by atoms with van der Waals surface area (Å²) in [5.41, 5.74) is 7.07. The van der Waals surface area contributed by atoms with Gasteiger partial charge < -0.3 is 15.4 Å². The highest BCUT2D eigenvalue weighted by molar-refractivity contribution is 5.85. The zero-order valence-electron chi connectivity index (χ0n) is 12.0. The molecule has 0 aliphatic carbocycles. The molecule has 1 rings (SSSR count). The van der Waals surface area contributed by atoms with Crippen molar-refractivity contribution in [3.05, 3.63) is 29.8 Å². The van der Waals surface area contributed by atoms with E-state index < -0.39 is 5.60 Å². The lowest BCUT2D eigenvalue weighted by Crippen LogP contribution is -2.35. The van der Waals surface area contributed by atoms with Crippen molar-refractivity contribution in [1.82, 2.24) is 4.90 Å². The van der Waals surface area contributed by atoms with Gasteiger partial charge in [-0.2, -0.15) is 0 Å². The Labute approximate surface area is 121 Å². The molecule has 0 bridgehead atoms. The number of anilines is 1. The number of hydrogen-bond donors (Lipinski definition) is 1. The van der Waals surface area contributed by atoms with Crippen molar-refractivity contribution < 1.29 is 9.53 Å². The number of ether oxygens (including phenoxy) is 1. The largest absolute Gasteiger partial charge is 0.444 e. The van der Waals surface area contributed by atoms with Crippen molar-refractivity contribution in [2.24, 2.45) is 0 Å². The molecular formula is C14H23ClN2O2. The van der Waals surface area contributed by atoms with Crippen LogP contribution in [0.1, 0.15) is 26.3 Å². The highest BCUT2D eigenvalue weighted by Crippen LogP contribution is 2.10. The SMILES string of the molecule is CN(CCc1ccc(N)cc1)C(=O)OC(C)(C)C.Cl. The number of carbonyl (C=O) groups is 1. The van der Waals surface area contributed by atoms with Crippen molar-refractivity contribution in [3.8, 4) is 0 Å². The first-order chi connectivity index (χ1) is 8.28. The number of hydrogen-bond acceptors (Lipinski definition) is 3. The van der Waals surface area contributed by atoms with E-state index in [1.807, 2.05) is 45.0 Å². The van der Waals surface area contributed by atoms with Crippen LogP contribution in [0.4, 0.5) is 10.5 Å². The topological polar surface area (TPSA) is 55.6 Å². The number of nitrogens with zero attached hydrogens (tertiary/aromatic N) is 1. The van der Waals surface area contributed by atoms with Crippen molar-refractivity contribution >= 4 is 24.2 Å². The third-order valence-corrected chi connectivity index (χ3v) is 2.42. The van der Waals surface area contributed by atoms with Crippen LogP contribution in [0.2, 0.25) is 0 Å². The van der Waals surface area contributed by atoms with Crippen molar-refractivity contribution in [2.45, 2.75) is 32.8 Å². The molecule has 0 spiro atoms. The third kappa shape index (κ3) is 6.91. The molecule has 0 saturated carbocycles. The number of amides is 1. The van der Waals surface area contributed by atoms with Gasteiger partial charge in [-0.25, -0.2) is 4.79 Å². The second kappa shape index (κ2) is 7.24. The van der Waals surface area contributed by atoms with Gasteiger partial charge in [0.15, 0.2) is 0 Å². The molecule has 0 radical (unpaired) electrons. The van der Waals surface area contributed by atoms with Gasteiger partial charge in [0, 0.05) is 19.3 Å². The van der Waals surface area contributed by atoms with Crippen LogP contribution in [0.25, 0.3) is 0 Å². The number of nitrogens with two attached hydrogens (primary N) is 1. The maximum absolute atomic E-state index is 11.7. The minimum atomic E-state index is -0.452. The molecule has 0 fully saturated rings. The van der Waals surface area contributed by atoms with Crippen LogP contribution in [0.5, 0.6) is 0 Å². The van der Waals surface area contributed by atoms with E-state index in [4.69, 9.17) is 10.5 Å². The van der Waals surface area contributed by atoms with Gasteiger partial charge in [0.25, 0.3) is 0 Å². The Kier molecular flexibility index (Phi) is 6.70. The zero-order chi connectivity index (χ0) is 13.8. The summed E-state index contributed by atoms with van der Waals surface area (Å²) in [6, 6.07) is 7.67. The van der Waals surface area contributed by atoms with Gasteiger partial charge in [0.1, 0.15) is 5.60 Å². The first-order valence-corrected chi connectivity index (χ1v) is 6.06. The van der Waals surface area contributed by atoms with E-state index in [1.54, 1.807) is 11.9 Å². The lowest BCUT2D eigenvalue weighted by Gasteiger charge is -2.24. The molecular weight excluding hydrogens is 264 g/mol. The van der Waals surface area contributed by atoms with Crippen molar-refractivity contribution in [2.75, 3.05) is 19.3 Å². The van der Waals surface area contributed by atoms with E-state index in [0.29, 0.717) is 6.54 Å². The summed E-state index contributed by atoms with van der Waals surface area (Å²) in [5, 5.41) is 0. The Balaban J connectivity index is 0.00000324. The van der Waals surface area contributed by atoms with E-state index in [-0.39, 0.29) is 18.5 Å². The fourth-order valence-corrected chi connectivity index (χ4v) is 1.41. The molecule has 1 aromatic rings. The first kappa shape index (κ1) is 17.6. The van der Waals surface area contributed by atoms with Crippen LogP contribution in [0, 0.1) is 0 Å². The van der Waals surface area contributed by atoms with Gasteiger partial charge in [-0.05, 0) is 44.9 Å². The first-order valence-electron chi connectivity index (χ1n) is 6.06. The highest BCUT2D eigenvalue weighted by atomic mass is 35.5. The molecule has 1 amide bonds. The molecule has 0 aliphatic heterocycles. The fraction of sp³-hybridized carbons (Fsp3) is 0.500. The average molecular weight is 287 g/mol. The lowest BCUT2D eigenvalue weighted by atomic mass is 10.1. The molecule has 0 heterocycles. The molecule has 19 heavy (non-hydrogen) atoms. The van der Waals surface area contributed by atoms with Gasteiger partial charge in [0.2, 0.25) is 0 Å². The third-order valence-electron chi connectivity index (χ3n) is 2.42. The lowest BCUT2D eigenvalue weighted by molar-refractivity contribution is 0.0301. The molecule has 1 aromatic carbocycles. The van der Waals surface area contributed by atoms with Crippen LogP contribution in [0.15, 0.2) is 24.3 Å². The van der Waals surface area contributed by atoms with Crippen LogP contribution < -0.4 is 5.73 Å². The average Bonchev–Trinajstić information content (AvgIpc) is 2.25. The van der Waals surface area contributed by atoms with Crippen molar-refractivity contribution in [3.63, 3.8) is 0 Å². The second-order valence-electron chi connectivity index (χ2n) is 5.39. The summed E-state index contributed by atoms with van der Waals surface area (Å²) in [6.07, 6.45) is 0.494. The zero-order valence-corrected chi connectivity index (χ0v) is 12.8. The Morgan fingerprint density at radius 3 is 2.26 bits per heavy atom. The van der Waals surface area contributed by atoms with Crippen LogP contribution in [0.3, 0.4) is 0 Å². The van der Waals surface area contributed by atoms with E-state index in [9.17, 15) is 4.79 Å². The van der Waals surface area contributed by atoms with Gasteiger partial charge in [-0.15, -0.1) is 12.4 Å². The Morgan fingerprint density at radius 2 is 1.79 bits per heavy atom.